The molecule has 0 aliphatic rings. The van der Waals surface area contributed by atoms with E-state index in [0.29, 0.717) is 30.6 Å². The van der Waals surface area contributed by atoms with Crippen molar-refractivity contribution in [2.75, 3.05) is 6.54 Å². The van der Waals surface area contributed by atoms with Gasteiger partial charge in [-0.05, 0) is 24.1 Å². The summed E-state index contributed by atoms with van der Waals surface area (Å²) in [5.74, 6) is 1.81. The summed E-state index contributed by atoms with van der Waals surface area (Å²) in [6.07, 6.45) is 2.46. The molecule has 0 bridgehead atoms. The van der Waals surface area contributed by atoms with E-state index in [1.807, 2.05) is 18.2 Å². The van der Waals surface area contributed by atoms with Crippen LogP contribution in [0.2, 0.25) is 0 Å². The standard InChI is InChI=1S/C14H18BrN3O/c1-2-10(9-16)7-14-17-13(18-19-14)8-11-5-3-4-6-12(11)15/h3-6,10H,2,7-9,16H2,1H3. The number of rotatable bonds is 6. The van der Waals surface area contributed by atoms with Gasteiger partial charge in [-0.2, -0.15) is 4.98 Å². The smallest absolute Gasteiger partial charge is 0.226 e. The van der Waals surface area contributed by atoms with Crippen molar-refractivity contribution in [2.45, 2.75) is 26.2 Å². The summed E-state index contributed by atoms with van der Waals surface area (Å²) in [6, 6.07) is 8.05. The summed E-state index contributed by atoms with van der Waals surface area (Å²) < 4.78 is 6.34. The molecule has 1 unspecified atom stereocenters. The maximum absolute atomic E-state index is 5.69. The number of nitrogens with zero attached hydrogens (tertiary/aromatic N) is 2. The van der Waals surface area contributed by atoms with Gasteiger partial charge in [0.05, 0.1) is 0 Å². The van der Waals surface area contributed by atoms with Crippen molar-refractivity contribution in [1.29, 1.82) is 0 Å². The largest absolute Gasteiger partial charge is 0.339 e. The molecule has 19 heavy (non-hydrogen) atoms. The number of benzene rings is 1. The predicted molar refractivity (Wildman–Crippen MR) is 77.8 cm³/mol. The van der Waals surface area contributed by atoms with Gasteiger partial charge in [0.2, 0.25) is 5.89 Å². The van der Waals surface area contributed by atoms with Gasteiger partial charge >= 0.3 is 0 Å². The molecule has 102 valence electrons. The van der Waals surface area contributed by atoms with Gasteiger partial charge in [-0.3, -0.25) is 0 Å². The van der Waals surface area contributed by atoms with Gasteiger partial charge in [0.25, 0.3) is 0 Å². The predicted octanol–water partition coefficient (Wildman–Crippen LogP) is 2.95. The Hall–Kier alpha value is -1.20. The number of hydrogen-bond donors (Lipinski definition) is 1. The molecule has 0 aliphatic carbocycles. The fraction of sp³-hybridized carbons (Fsp3) is 0.429. The molecule has 1 aromatic carbocycles. The topological polar surface area (TPSA) is 64.9 Å². The lowest BCUT2D eigenvalue weighted by molar-refractivity contribution is 0.347. The lowest BCUT2D eigenvalue weighted by Gasteiger charge is -2.07. The average Bonchev–Trinajstić information content (AvgIpc) is 2.86. The second-order valence-electron chi connectivity index (χ2n) is 4.59. The Morgan fingerprint density at radius 3 is 2.84 bits per heavy atom. The van der Waals surface area contributed by atoms with Crippen LogP contribution in [-0.4, -0.2) is 16.7 Å². The minimum absolute atomic E-state index is 0.414. The molecule has 0 spiro atoms. The Kier molecular flexibility index (Phi) is 5.10. The van der Waals surface area contributed by atoms with Gasteiger partial charge in [0, 0.05) is 17.3 Å². The van der Waals surface area contributed by atoms with Gasteiger partial charge in [-0.1, -0.05) is 52.6 Å². The van der Waals surface area contributed by atoms with Crippen LogP contribution in [0.5, 0.6) is 0 Å². The average molecular weight is 324 g/mol. The molecule has 1 aromatic heterocycles. The molecule has 1 atom stereocenters. The molecule has 2 rings (SSSR count). The van der Waals surface area contributed by atoms with Gasteiger partial charge < -0.3 is 10.3 Å². The Morgan fingerprint density at radius 1 is 1.37 bits per heavy atom. The van der Waals surface area contributed by atoms with Crippen LogP contribution in [-0.2, 0) is 12.8 Å². The van der Waals surface area contributed by atoms with Gasteiger partial charge in [-0.25, -0.2) is 0 Å². The first kappa shape index (κ1) is 14.2. The van der Waals surface area contributed by atoms with Gasteiger partial charge in [-0.15, -0.1) is 0 Å². The van der Waals surface area contributed by atoms with Crippen molar-refractivity contribution in [3.05, 3.63) is 46.0 Å². The number of halogens is 1. The van der Waals surface area contributed by atoms with E-state index in [2.05, 4.69) is 39.1 Å². The third-order valence-electron chi connectivity index (χ3n) is 3.19. The van der Waals surface area contributed by atoms with Crippen molar-refractivity contribution in [2.24, 2.45) is 11.7 Å². The summed E-state index contributed by atoms with van der Waals surface area (Å²) in [6.45, 7) is 2.77. The number of nitrogens with two attached hydrogens (primary N) is 1. The Morgan fingerprint density at radius 2 is 2.16 bits per heavy atom. The lowest BCUT2D eigenvalue weighted by Crippen LogP contribution is -2.16. The van der Waals surface area contributed by atoms with E-state index in [9.17, 15) is 0 Å². The zero-order valence-electron chi connectivity index (χ0n) is 11.0. The summed E-state index contributed by atoms with van der Waals surface area (Å²) in [5, 5.41) is 4.03. The van der Waals surface area contributed by atoms with Crippen LogP contribution in [0.1, 0.15) is 30.6 Å². The molecule has 0 amide bonds. The van der Waals surface area contributed by atoms with Crippen LogP contribution < -0.4 is 5.73 Å². The normalized spacial score (nSPS) is 12.6. The zero-order valence-corrected chi connectivity index (χ0v) is 12.6. The second kappa shape index (κ2) is 6.82. The minimum atomic E-state index is 0.414. The fourth-order valence-electron chi connectivity index (χ4n) is 1.90. The molecule has 2 aromatic rings. The van der Waals surface area contributed by atoms with Crippen molar-refractivity contribution < 1.29 is 4.52 Å². The number of hydrogen-bond acceptors (Lipinski definition) is 4. The Bertz CT molecular complexity index is 523. The van der Waals surface area contributed by atoms with Crippen LogP contribution in [0.4, 0.5) is 0 Å². The second-order valence-corrected chi connectivity index (χ2v) is 5.44. The molecule has 0 saturated carbocycles. The Labute approximate surface area is 121 Å². The molecule has 0 aliphatic heterocycles. The first-order chi connectivity index (χ1) is 9.22. The quantitative estimate of drug-likeness (QED) is 0.887. The minimum Gasteiger partial charge on any atom is -0.339 e. The summed E-state index contributed by atoms with van der Waals surface area (Å²) in [7, 11) is 0. The number of aromatic nitrogens is 2. The summed E-state index contributed by atoms with van der Waals surface area (Å²) in [5.41, 5.74) is 6.84. The fourth-order valence-corrected chi connectivity index (χ4v) is 2.32. The van der Waals surface area contributed by atoms with Crippen LogP contribution in [0.25, 0.3) is 0 Å². The molecule has 4 nitrogen and oxygen atoms in total. The summed E-state index contributed by atoms with van der Waals surface area (Å²) >= 11 is 3.52. The van der Waals surface area contributed by atoms with E-state index in [0.717, 1.165) is 22.9 Å². The highest BCUT2D eigenvalue weighted by atomic mass is 79.9. The van der Waals surface area contributed by atoms with Crippen molar-refractivity contribution in [3.8, 4) is 0 Å². The Balaban J connectivity index is 2.03. The molecule has 0 radical (unpaired) electrons. The van der Waals surface area contributed by atoms with Crippen molar-refractivity contribution in [1.82, 2.24) is 10.1 Å². The SMILES string of the molecule is CCC(CN)Cc1nc(Cc2ccccc2Br)no1. The first-order valence-electron chi connectivity index (χ1n) is 6.47. The molecular formula is C14H18BrN3O. The van der Waals surface area contributed by atoms with E-state index in [1.54, 1.807) is 0 Å². The first-order valence-corrected chi connectivity index (χ1v) is 7.27. The highest BCUT2D eigenvalue weighted by molar-refractivity contribution is 9.10. The third-order valence-corrected chi connectivity index (χ3v) is 3.96. The molecule has 2 N–H and O–H groups in total. The van der Waals surface area contributed by atoms with E-state index in [4.69, 9.17) is 10.3 Å². The van der Waals surface area contributed by atoms with Gasteiger partial charge in [0.15, 0.2) is 5.82 Å². The zero-order chi connectivity index (χ0) is 13.7. The van der Waals surface area contributed by atoms with Crippen molar-refractivity contribution >= 4 is 15.9 Å². The maximum atomic E-state index is 5.69. The molecule has 0 saturated heterocycles. The molecule has 1 heterocycles. The molecular weight excluding hydrogens is 306 g/mol. The molecule has 5 heteroatoms. The summed E-state index contributed by atoms with van der Waals surface area (Å²) in [4.78, 5) is 4.43. The van der Waals surface area contributed by atoms with E-state index >= 15 is 0 Å². The molecule has 0 fully saturated rings. The van der Waals surface area contributed by atoms with Crippen LogP contribution in [0.3, 0.4) is 0 Å². The van der Waals surface area contributed by atoms with E-state index < -0.39 is 0 Å². The van der Waals surface area contributed by atoms with Gasteiger partial charge in [0.1, 0.15) is 0 Å². The van der Waals surface area contributed by atoms with E-state index in [1.165, 1.54) is 0 Å². The third kappa shape index (κ3) is 3.88. The highest BCUT2D eigenvalue weighted by Crippen LogP contribution is 2.19. The lowest BCUT2D eigenvalue weighted by atomic mass is 10.0. The highest BCUT2D eigenvalue weighted by Gasteiger charge is 2.12. The van der Waals surface area contributed by atoms with E-state index in [-0.39, 0.29) is 0 Å². The van der Waals surface area contributed by atoms with Crippen LogP contribution in [0.15, 0.2) is 33.3 Å². The van der Waals surface area contributed by atoms with Crippen molar-refractivity contribution in [3.63, 3.8) is 0 Å². The van der Waals surface area contributed by atoms with Crippen LogP contribution >= 0.6 is 15.9 Å². The van der Waals surface area contributed by atoms with Crippen LogP contribution in [0, 0.1) is 5.92 Å². The maximum Gasteiger partial charge on any atom is 0.226 e. The monoisotopic (exact) mass is 323 g/mol.